The Bertz CT molecular complexity index is 587. The number of benzene rings is 2. The number of hydrogen-bond acceptors (Lipinski definition) is 4. The van der Waals surface area contributed by atoms with Gasteiger partial charge < -0.3 is 9.47 Å². The molecular formula is C16H19IN2O2. The Kier molecular flexibility index (Phi) is 5.84. The summed E-state index contributed by atoms with van der Waals surface area (Å²) in [4.78, 5) is 0. The van der Waals surface area contributed by atoms with E-state index in [1.807, 2.05) is 18.2 Å². The van der Waals surface area contributed by atoms with E-state index >= 15 is 0 Å². The third-order valence-corrected chi connectivity index (χ3v) is 4.09. The molecule has 112 valence electrons. The third-order valence-electron chi connectivity index (χ3n) is 3.37. The summed E-state index contributed by atoms with van der Waals surface area (Å²) in [5, 5.41) is 0. The molecule has 3 N–H and O–H groups in total. The van der Waals surface area contributed by atoms with Crippen molar-refractivity contribution in [1.29, 1.82) is 0 Å². The van der Waals surface area contributed by atoms with Gasteiger partial charge >= 0.3 is 0 Å². The van der Waals surface area contributed by atoms with Crippen LogP contribution < -0.4 is 20.7 Å². The van der Waals surface area contributed by atoms with Gasteiger partial charge in [-0.25, -0.2) is 0 Å². The standard InChI is InChI=1S/C16H19IN2O2/c1-20-13-7-8-14(16(10-13)21-2)15(19-18)9-11-3-5-12(17)6-4-11/h3-8,10,15,19H,9,18H2,1-2H3. The zero-order valence-electron chi connectivity index (χ0n) is 12.1. The Balaban J connectivity index is 2.26. The van der Waals surface area contributed by atoms with Gasteiger partial charge in [-0.3, -0.25) is 11.3 Å². The van der Waals surface area contributed by atoms with Crippen LogP contribution in [-0.2, 0) is 6.42 Å². The summed E-state index contributed by atoms with van der Waals surface area (Å²) >= 11 is 2.30. The lowest BCUT2D eigenvalue weighted by molar-refractivity contribution is 0.384. The highest BCUT2D eigenvalue weighted by Gasteiger charge is 2.16. The summed E-state index contributed by atoms with van der Waals surface area (Å²) < 4.78 is 11.9. The number of ether oxygens (including phenoxy) is 2. The molecule has 0 heterocycles. The van der Waals surface area contributed by atoms with Gasteiger partial charge in [0.15, 0.2) is 0 Å². The molecule has 0 saturated heterocycles. The van der Waals surface area contributed by atoms with Crippen molar-refractivity contribution < 1.29 is 9.47 Å². The van der Waals surface area contributed by atoms with E-state index in [9.17, 15) is 0 Å². The van der Waals surface area contributed by atoms with Gasteiger partial charge in [-0.05, 0) is 52.8 Å². The topological polar surface area (TPSA) is 56.5 Å². The molecule has 5 heteroatoms. The number of hydrazine groups is 1. The van der Waals surface area contributed by atoms with Gasteiger partial charge in [0.25, 0.3) is 0 Å². The minimum atomic E-state index is -0.0223. The molecular weight excluding hydrogens is 379 g/mol. The summed E-state index contributed by atoms with van der Waals surface area (Å²) in [5.41, 5.74) is 5.10. The van der Waals surface area contributed by atoms with Gasteiger partial charge in [0.2, 0.25) is 0 Å². The quantitative estimate of drug-likeness (QED) is 0.446. The molecule has 2 aromatic rings. The summed E-state index contributed by atoms with van der Waals surface area (Å²) in [6, 6.07) is 14.2. The van der Waals surface area contributed by atoms with Crippen molar-refractivity contribution in [2.24, 2.45) is 5.84 Å². The fraction of sp³-hybridized carbons (Fsp3) is 0.250. The predicted octanol–water partition coefficient (Wildman–Crippen LogP) is 3.06. The number of rotatable bonds is 6. The summed E-state index contributed by atoms with van der Waals surface area (Å²) in [7, 11) is 3.29. The molecule has 0 aliphatic heterocycles. The maximum Gasteiger partial charge on any atom is 0.127 e. The Hall–Kier alpha value is -1.31. The van der Waals surface area contributed by atoms with Gasteiger partial charge in [0.1, 0.15) is 11.5 Å². The SMILES string of the molecule is COc1ccc(C(Cc2ccc(I)cc2)NN)c(OC)c1. The zero-order valence-corrected chi connectivity index (χ0v) is 14.3. The average molecular weight is 398 g/mol. The minimum absolute atomic E-state index is 0.0223. The van der Waals surface area contributed by atoms with E-state index in [0.717, 1.165) is 23.5 Å². The molecule has 2 aromatic carbocycles. The molecule has 2 rings (SSSR count). The Morgan fingerprint density at radius 2 is 1.81 bits per heavy atom. The lowest BCUT2D eigenvalue weighted by Crippen LogP contribution is -2.29. The van der Waals surface area contributed by atoms with E-state index in [-0.39, 0.29) is 6.04 Å². The Morgan fingerprint density at radius 1 is 1.10 bits per heavy atom. The van der Waals surface area contributed by atoms with Crippen molar-refractivity contribution in [3.63, 3.8) is 0 Å². The van der Waals surface area contributed by atoms with Crippen molar-refractivity contribution in [2.75, 3.05) is 14.2 Å². The van der Waals surface area contributed by atoms with Crippen LogP contribution in [0.2, 0.25) is 0 Å². The van der Waals surface area contributed by atoms with Crippen molar-refractivity contribution in [2.45, 2.75) is 12.5 Å². The van der Waals surface area contributed by atoms with Crippen LogP contribution >= 0.6 is 22.6 Å². The average Bonchev–Trinajstić information content (AvgIpc) is 2.53. The maximum absolute atomic E-state index is 5.74. The lowest BCUT2D eigenvalue weighted by atomic mass is 9.98. The molecule has 0 aliphatic rings. The first-order chi connectivity index (χ1) is 10.2. The van der Waals surface area contributed by atoms with Crippen molar-refractivity contribution in [1.82, 2.24) is 5.43 Å². The Morgan fingerprint density at radius 3 is 2.38 bits per heavy atom. The highest BCUT2D eigenvalue weighted by Crippen LogP contribution is 2.31. The van der Waals surface area contributed by atoms with Crippen molar-refractivity contribution >= 4 is 22.6 Å². The predicted molar refractivity (Wildman–Crippen MR) is 92.5 cm³/mol. The molecule has 0 spiro atoms. The van der Waals surface area contributed by atoms with E-state index in [0.29, 0.717) is 0 Å². The third kappa shape index (κ3) is 4.09. The number of nitrogens with two attached hydrogens (primary N) is 1. The molecule has 0 amide bonds. The monoisotopic (exact) mass is 398 g/mol. The molecule has 0 fully saturated rings. The van der Waals surface area contributed by atoms with Gasteiger partial charge in [0, 0.05) is 15.2 Å². The first-order valence-corrected chi connectivity index (χ1v) is 7.68. The molecule has 0 saturated carbocycles. The molecule has 0 aliphatic carbocycles. The van der Waals surface area contributed by atoms with Crippen LogP contribution in [0.3, 0.4) is 0 Å². The van der Waals surface area contributed by atoms with Crippen LogP contribution in [0.5, 0.6) is 11.5 Å². The summed E-state index contributed by atoms with van der Waals surface area (Å²) in [5.74, 6) is 7.27. The molecule has 0 aromatic heterocycles. The maximum atomic E-state index is 5.74. The highest BCUT2D eigenvalue weighted by atomic mass is 127. The first-order valence-electron chi connectivity index (χ1n) is 6.60. The minimum Gasteiger partial charge on any atom is -0.497 e. The molecule has 1 unspecified atom stereocenters. The van der Waals surface area contributed by atoms with E-state index in [4.69, 9.17) is 15.3 Å². The van der Waals surface area contributed by atoms with Crippen LogP contribution in [0.1, 0.15) is 17.2 Å². The summed E-state index contributed by atoms with van der Waals surface area (Å²) in [6.07, 6.45) is 0.788. The Labute approximate surface area is 138 Å². The van der Waals surface area contributed by atoms with E-state index in [2.05, 4.69) is 52.3 Å². The van der Waals surface area contributed by atoms with Crippen LogP contribution in [0.25, 0.3) is 0 Å². The number of halogens is 1. The lowest BCUT2D eigenvalue weighted by Gasteiger charge is -2.20. The van der Waals surface area contributed by atoms with Crippen molar-refractivity contribution in [3.8, 4) is 11.5 Å². The van der Waals surface area contributed by atoms with Crippen molar-refractivity contribution in [3.05, 3.63) is 57.2 Å². The van der Waals surface area contributed by atoms with E-state index < -0.39 is 0 Å². The molecule has 0 radical (unpaired) electrons. The van der Waals surface area contributed by atoms with Crippen LogP contribution in [0.4, 0.5) is 0 Å². The number of methoxy groups -OCH3 is 2. The first kappa shape index (κ1) is 16.1. The normalized spacial score (nSPS) is 12.0. The van der Waals surface area contributed by atoms with Crippen LogP contribution in [-0.4, -0.2) is 14.2 Å². The number of hydrogen-bond donors (Lipinski definition) is 2. The highest BCUT2D eigenvalue weighted by molar-refractivity contribution is 14.1. The molecule has 4 nitrogen and oxygen atoms in total. The second kappa shape index (κ2) is 7.63. The smallest absolute Gasteiger partial charge is 0.127 e. The van der Waals surface area contributed by atoms with Gasteiger partial charge in [-0.1, -0.05) is 18.2 Å². The zero-order chi connectivity index (χ0) is 15.2. The van der Waals surface area contributed by atoms with Crippen LogP contribution in [0, 0.1) is 3.57 Å². The van der Waals surface area contributed by atoms with Gasteiger partial charge in [-0.15, -0.1) is 0 Å². The largest absolute Gasteiger partial charge is 0.497 e. The molecule has 21 heavy (non-hydrogen) atoms. The molecule has 1 atom stereocenters. The second-order valence-electron chi connectivity index (χ2n) is 4.66. The summed E-state index contributed by atoms with van der Waals surface area (Å²) in [6.45, 7) is 0. The van der Waals surface area contributed by atoms with Crippen LogP contribution in [0.15, 0.2) is 42.5 Å². The fourth-order valence-electron chi connectivity index (χ4n) is 2.22. The van der Waals surface area contributed by atoms with Gasteiger partial charge in [0.05, 0.1) is 20.3 Å². The van der Waals surface area contributed by atoms with Gasteiger partial charge in [-0.2, -0.15) is 0 Å². The van der Waals surface area contributed by atoms with E-state index in [1.165, 1.54) is 9.13 Å². The van der Waals surface area contributed by atoms with E-state index in [1.54, 1.807) is 14.2 Å². The number of nitrogens with one attached hydrogen (secondary N) is 1. The molecule has 0 bridgehead atoms. The second-order valence-corrected chi connectivity index (χ2v) is 5.90. The fourth-order valence-corrected chi connectivity index (χ4v) is 2.58.